The highest BCUT2D eigenvalue weighted by atomic mass is 16.3. The summed E-state index contributed by atoms with van der Waals surface area (Å²) in [6.07, 6.45) is 10.4. The lowest BCUT2D eigenvalue weighted by Gasteiger charge is -2.18. The van der Waals surface area contributed by atoms with Gasteiger partial charge in [-0.15, -0.1) is 0 Å². The molecule has 2 atom stereocenters. The summed E-state index contributed by atoms with van der Waals surface area (Å²) in [6, 6.07) is 0. The highest BCUT2D eigenvalue weighted by molar-refractivity contribution is 4.68. The van der Waals surface area contributed by atoms with Crippen molar-refractivity contribution in [2.45, 2.75) is 76.4 Å². The van der Waals surface area contributed by atoms with Crippen molar-refractivity contribution in [1.82, 2.24) is 0 Å². The maximum atomic E-state index is 9.61. The highest BCUT2D eigenvalue weighted by Gasteiger charge is 2.15. The van der Waals surface area contributed by atoms with Gasteiger partial charge in [0.2, 0.25) is 0 Å². The number of aliphatic hydroxyl groups excluding tert-OH is 2. The van der Waals surface area contributed by atoms with Crippen LogP contribution in [0.5, 0.6) is 0 Å². The van der Waals surface area contributed by atoms with Crippen molar-refractivity contribution in [2.75, 3.05) is 0 Å². The number of hydrogen-bond donors (Lipinski definition) is 2. The van der Waals surface area contributed by atoms with E-state index in [1.165, 1.54) is 38.5 Å². The molecule has 0 amide bonds. The summed E-state index contributed by atoms with van der Waals surface area (Å²) in [7, 11) is 0. The molecular weight excluding hydrogens is 176 g/mol. The maximum absolute atomic E-state index is 9.61. The van der Waals surface area contributed by atoms with Gasteiger partial charge < -0.3 is 10.2 Å². The van der Waals surface area contributed by atoms with Crippen molar-refractivity contribution in [3.63, 3.8) is 0 Å². The van der Waals surface area contributed by atoms with Crippen molar-refractivity contribution in [3.8, 4) is 0 Å². The van der Waals surface area contributed by atoms with E-state index in [1.807, 2.05) is 0 Å². The lowest BCUT2D eigenvalue weighted by Crippen LogP contribution is -2.25. The van der Waals surface area contributed by atoms with E-state index in [9.17, 15) is 10.2 Å². The molecule has 0 heterocycles. The molecule has 0 aromatic rings. The first kappa shape index (κ1) is 12.0. The second-order valence-electron chi connectivity index (χ2n) is 4.54. The quantitative estimate of drug-likeness (QED) is 0.631. The predicted octanol–water partition coefficient (Wildman–Crippen LogP) is 2.62. The fourth-order valence-electron chi connectivity index (χ4n) is 2.15. The van der Waals surface area contributed by atoms with Crippen LogP contribution in [0.15, 0.2) is 0 Å². The van der Waals surface area contributed by atoms with Crippen LogP contribution >= 0.6 is 0 Å². The molecule has 2 nitrogen and oxygen atoms in total. The topological polar surface area (TPSA) is 40.5 Å². The molecule has 0 saturated heterocycles. The molecule has 0 aliphatic heterocycles. The Kier molecular flexibility index (Phi) is 6.20. The van der Waals surface area contributed by atoms with Gasteiger partial charge in [-0.2, -0.15) is 0 Å². The smallest absolute Gasteiger partial charge is 0.0799 e. The van der Waals surface area contributed by atoms with Gasteiger partial charge in [-0.25, -0.2) is 0 Å². The summed E-state index contributed by atoms with van der Waals surface area (Å²) in [4.78, 5) is 0. The van der Waals surface area contributed by atoms with E-state index >= 15 is 0 Å². The summed E-state index contributed by atoms with van der Waals surface area (Å²) in [5, 5.41) is 19.2. The molecule has 0 aromatic heterocycles. The van der Waals surface area contributed by atoms with Crippen LogP contribution < -0.4 is 0 Å². The first-order valence-electron chi connectivity index (χ1n) is 6.17. The number of hydrogen-bond acceptors (Lipinski definition) is 2. The lowest BCUT2D eigenvalue weighted by atomic mass is 9.98. The zero-order valence-corrected chi connectivity index (χ0v) is 9.12. The molecule has 0 radical (unpaired) electrons. The van der Waals surface area contributed by atoms with Gasteiger partial charge in [-0.1, -0.05) is 51.4 Å². The number of rotatable bonds is 0. The fraction of sp³-hybridized carbons (Fsp3) is 1.00. The monoisotopic (exact) mass is 200 g/mol. The summed E-state index contributed by atoms with van der Waals surface area (Å²) in [5.41, 5.74) is 0. The molecular formula is C12H24O2. The second kappa shape index (κ2) is 7.24. The third-order valence-electron chi connectivity index (χ3n) is 3.19. The number of aliphatic hydroxyl groups is 2. The van der Waals surface area contributed by atoms with Crippen molar-refractivity contribution >= 4 is 0 Å². The van der Waals surface area contributed by atoms with E-state index in [0.29, 0.717) is 0 Å². The molecule has 1 saturated carbocycles. The lowest BCUT2D eigenvalue weighted by molar-refractivity contribution is 0.00685. The van der Waals surface area contributed by atoms with Crippen LogP contribution in [-0.2, 0) is 0 Å². The highest BCUT2D eigenvalue weighted by Crippen LogP contribution is 2.17. The van der Waals surface area contributed by atoms with Gasteiger partial charge >= 0.3 is 0 Å². The van der Waals surface area contributed by atoms with Gasteiger partial charge in [0.05, 0.1) is 12.2 Å². The van der Waals surface area contributed by atoms with Crippen LogP contribution in [0.4, 0.5) is 0 Å². The van der Waals surface area contributed by atoms with Gasteiger partial charge in [0.25, 0.3) is 0 Å². The summed E-state index contributed by atoms with van der Waals surface area (Å²) < 4.78 is 0. The minimum atomic E-state index is -0.477. The first-order chi connectivity index (χ1) is 6.80. The third-order valence-corrected chi connectivity index (χ3v) is 3.19. The Morgan fingerprint density at radius 3 is 1.14 bits per heavy atom. The van der Waals surface area contributed by atoms with Gasteiger partial charge in [0, 0.05) is 0 Å². The molecule has 1 rings (SSSR count). The SMILES string of the molecule is O[C@@H]1CCCCCCCCCC[C@H]1O. The molecule has 2 N–H and O–H groups in total. The Morgan fingerprint density at radius 2 is 0.786 bits per heavy atom. The van der Waals surface area contributed by atoms with E-state index in [-0.39, 0.29) is 0 Å². The van der Waals surface area contributed by atoms with Crippen molar-refractivity contribution in [1.29, 1.82) is 0 Å². The first-order valence-corrected chi connectivity index (χ1v) is 6.17. The third kappa shape index (κ3) is 4.97. The molecule has 1 aliphatic carbocycles. The predicted molar refractivity (Wildman–Crippen MR) is 58.2 cm³/mol. The summed E-state index contributed by atoms with van der Waals surface area (Å²) in [6.45, 7) is 0. The van der Waals surface area contributed by atoms with Crippen LogP contribution in [0, 0.1) is 0 Å². The fourth-order valence-corrected chi connectivity index (χ4v) is 2.15. The molecule has 84 valence electrons. The van der Waals surface area contributed by atoms with Crippen LogP contribution in [0.1, 0.15) is 64.2 Å². The standard InChI is InChI=1S/C12H24O2/c13-11-9-7-5-3-1-2-4-6-8-10-12(11)14/h11-14H,1-10H2/t11-,12-/m1/s1. The Balaban J connectivity index is 2.23. The van der Waals surface area contributed by atoms with E-state index in [2.05, 4.69) is 0 Å². The average molecular weight is 200 g/mol. The average Bonchev–Trinajstić information content (AvgIpc) is 2.18. The van der Waals surface area contributed by atoms with Crippen LogP contribution in [0.3, 0.4) is 0 Å². The largest absolute Gasteiger partial charge is 0.390 e. The zero-order valence-electron chi connectivity index (χ0n) is 9.12. The van der Waals surface area contributed by atoms with Crippen LogP contribution in [-0.4, -0.2) is 22.4 Å². The molecule has 1 fully saturated rings. The Labute approximate surface area is 87.3 Å². The van der Waals surface area contributed by atoms with Gasteiger partial charge in [0.1, 0.15) is 0 Å². The second-order valence-corrected chi connectivity index (χ2v) is 4.54. The molecule has 0 spiro atoms. The molecule has 2 heteroatoms. The minimum absolute atomic E-state index is 0.477. The van der Waals surface area contributed by atoms with E-state index in [4.69, 9.17) is 0 Å². The molecule has 14 heavy (non-hydrogen) atoms. The zero-order chi connectivity index (χ0) is 10.2. The van der Waals surface area contributed by atoms with E-state index < -0.39 is 12.2 Å². The molecule has 0 unspecified atom stereocenters. The molecule has 0 aromatic carbocycles. The maximum Gasteiger partial charge on any atom is 0.0799 e. The van der Waals surface area contributed by atoms with Crippen molar-refractivity contribution < 1.29 is 10.2 Å². The Bertz CT molecular complexity index is 120. The van der Waals surface area contributed by atoms with Gasteiger partial charge in [-0.3, -0.25) is 0 Å². The minimum Gasteiger partial charge on any atom is -0.390 e. The summed E-state index contributed by atoms with van der Waals surface area (Å²) >= 11 is 0. The Hall–Kier alpha value is -0.0800. The Morgan fingerprint density at radius 1 is 0.500 bits per heavy atom. The molecule has 1 aliphatic rings. The van der Waals surface area contributed by atoms with Gasteiger partial charge in [0.15, 0.2) is 0 Å². The molecule has 0 bridgehead atoms. The van der Waals surface area contributed by atoms with Crippen LogP contribution in [0.2, 0.25) is 0 Å². The van der Waals surface area contributed by atoms with E-state index in [0.717, 1.165) is 25.7 Å². The normalized spacial score (nSPS) is 33.0. The van der Waals surface area contributed by atoms with Crippen molar-refractivity contribution in [3.05, 3.63) is 0 Å². The van der Waals surface area contributed by atoms with Gasteiger partial charge in [-0.05, 0) is 12.8 Å². The van der Waals surface area contributed by atoms with Crippen molar-refractivity contribution in [2.24, 2.45) is 0 Å². The van der Waals surface area contributed by atoms with E-state index in [1.54, 1.807) is 0 Å². The summed E-state index contributed by atoms with van der Waals surface area (Å²) in [5.74, 6) is 0. The van der Waals surface area contributed by atoms with Crippen LogP contribution in [0.25, 0.3) is 0 Å².